The van der Waals surface area contributed by atoms with Gasteiger partial charge >= 0.3 is 11.9 Å². The van der Waals surface area contributed by atoms with Crippen LogP contribution in [0, 0.1) is 17.8 Å². The second-order valence-corrected chi connectivity index (χ2v) is 8.74. The maximum Gasteiger partial charge on any atom is 0.308 e. The van der Waals surface area contributed by atoms with Crippen molar-refractivity contribution in [3.05, 3.63) is 0 Å². The molecule has 0 bridgehead atoms. The van der Waals surface area contributed by atoms with Crippen molar-refractivity contribution < 1.29 is 19.4 Å². The number of carbonyl (C=O) groups excluding carboxylic acids is 1. The lowest BCUT2D eigenvalue weighted by Crippen LogP contribution is -2.23. The van der Waals surface area contributed by atoms with Crippen LogP contribution in [0.25, 0.3) is 0 Å². The Hall–Kier alpha value is -1.06. The third-order valence-electron chi connectivity index (χ3n) is 6.19. The van der Waals surface area contributed by atoms with Gasteiger partial charge in [-0.15, -0.1) is 0 Å². The summed E-state index contributed by atoms with van der Waals surface area (Å²) in [6.07, 6.45) is 15.0. The molecule has 0 spiro atoms. The third-order valence-corrected chi connectivity index (χ3v) is 6.19. The van der Waals surface area contributed by atoms with Crippen LogP contribution in [0.4, 0.5) is 0 Å². The van der Waals surface area contributed by atoms with E-state index in [1.807, 2.05) is 0 Å². The highest BCUT2D eigenvalue weighted by atomic mass is 16.5. The molecule has 0 aromatic heterocycles. The summed E-state index contributed by atoms with van der Waals surface area (Å²) < 4.78 is 5.80. The predicted molar refractivity (Wildman–Crippen MR) is 121 cm³/mol. The Kier molecular flexibility index (Phi) is 18.2. The summed E-state index contributed by atoms with van der Waals surface area (Å²) in [6, 6.07) is 0. The molecule has 0 heterocycles. The van der Waals surface area contributed by atoms with Gasteiger partial charge in [-0.2, -0.15) is 0 Å². The molecule has 0 radical (unpaired) electrons. The van der Waals surface area contributed by atoms with Gasteiger partial charge in [0.1, 0.15) is 0 Å². The van der Waals surface area contributed by atoms with Crippen LogP contribution in [0.1, 0.15) is 124 Å². The number of hydrogen-bond donors (Lipinski definition) is 1. The maximum absolute atomic E-state index is 12.9. The second kappa shape index (κ2) is 18.9. The Bertz CT molecular complexity index is 408. The SMILES string of the molecule is CCCCC(CC)COC(=O)C(CCCCCCC(=O)O)CC(CC)CCCC. The quantitative estimate of drug-likeness (QED) is 0.167. The van der Waals surface area contributed by atoms with Gasteiger partial charge in [0, 0.05) is 6.42 Å². The first-order chi connectivity index (χ1) is 14.0. The maximum atomic E-state index is 12.9. The molecule has 0 aromatic rings. The van der Waals surface area contributed by atoms with Gasteiger partial charge in [0.25, 0.3) is 0 Å². The van der Waals surface area contributed by atoms with Crippen molar-refractivity contribution >= 4 is 11.9 Å². The van der Waals surface area contributed by atoms with Crippen LogP contribution >= 0.6 is 0 Å². The largest absolute Gasteiger partial charge is 0.481 e. The van der Waals surface area contributed by atoms with Crippen molar-refractivity contribution in [2.24, 2.45) is 17.8 Å². The minimum atomic E-state index is -0.721. The van der Waals surface area contributed by atoms with E-state index in [1.54, 1.807) is 0 Å². The molecule has 0 amide bonds. The average molecular weight is 413 g/mol. The van der Waals surface area contributed by atoms with Crippen LogP contribution in [0.15, 0.2) is 0 Å². The van der Waals surface area contributed by atoms with Crippen LogP contribution in [0.2, 0.25) is 0 Å². The van der Waals surface area contributed by atoms with E-state index in [0.29, 0.717) is 18.4 Å². The van der Waals surface area contributed by atoms with E-state index < -0.39 is 5.97 Å². The summed E-state index contributed by atoms with van der Waals surface area (Å²) in [4.78, 5) is 23.5. The first kappa shape index (κ1) is 27.9. The van der Waals surface area contributed by atoms with Gasteiger partial charge in [0.05, 0.1) is 12.5 Å². The number of rotatable bonds is 20. The van der Waals surface area contributed by atoms with Crippen molar-refractivity contribution in [1.29, 1.82) is 0 Å². The number of esters is 1. The third kappa shape index (κ3) is 15.4. The summed E-state index contributed by atoms with van der Waals surface area (Å²) >= 11 is 0. The van der Waals surface area contributed by atoms with Gasteiger partial charge in [-0.25, -0.2) is 0 Å². The zero-order chi connectivity index (χ0) is 21.9. The van der Waals surface area contributed by atoms with Crippen LogP contribution in [-0.2, 0) is 14.3 Å². The Morgan fingerprint density at radius 2 is 1.34 bits per heavy atom. The minimum absolute atomic E-state index is 0.0000360. The van der Waals surface area contributed by atoms with Crippen molar-refractivity contribution in [2.75, 3.05) is 6.61 Å². The number of carboxylic acid groups (broad SMARTS) is 1. The predicted octanol–water partition coefficient (Wildman–Crippen LogP) is 7.39. The number of carboxylic acids is 1. The highest BCUT2D eigenvalue weighted by Gasteiger charge is 2.24. The van der Waals surface area contributed by atoms with Crippen LogP contribution < -0.4 is 0 Å². The van der Waals surface area contributed by atoms with Crippen LogP contribution in [0.3, 0.4) is 0 Å². The highest BCUT2D eigenvalue weighted by molar-refractivity contribution is 5.72. The van der Waals surface area contributed by atoms with E-state index in [1.165, 1.54) is 32.1 Å². The molecule has 0 saturated heterocycles. The van der Waals surface area contributed by atoms with Crippen molar-refractivity contribution in [3.8, 4) is 0 Å². The Labute approximate surface area is 180 Å². The van der Waals surface area contributed by atoms with E-state index in [9.17, 15) is 9.59 Å². The highest BCUT2D eigenvalue weighted by Crippen LogP contribution is 2.27. The van der Waals surface area contributed by atoms with Crippen molar-refractivity contribution in [1.82, 2.24) is 0 Å². The number of aliphatic carboxylic acids is 1. The number of carbonyl (C=O) groups is 2. The van der Waals surface area contributed by atoms with Gasteiger partial charge in [-0.1, -0.05) is 91.9 Å². The molecule has 0 rings (SSSR count). The lowest BCUT2D eigenvalue weighted by molar-refractivity contribution is -0.151. The van der Waals surface area contributed by atoms with E-state index in [0.717, 1.165) is 57.8 Å². The molecular weight excluding hydrogens is 364 g/mol. The number of unbranched alkanes of at least 4 members (excludes halogenated alkanes) is 5. The molecule has 0 aliphatic rings. The van der Waals surface area contributed by atoms with Gasteiger partial charge in [0.15, 0.2) is 0 Å². The molecule has 1 N–H and O–H groups in total. The molecule has 172 valence electrons. The summed E-state index contributed by atoms with van der Waals surface area (Å²) in [5.74, 6) is 0.362. The van der Waals surface area contributed by atoms with Crippen LogP contribution in [0.5, 0.6) is 0 Å². The Morgan fingerprint density at radius 3 is 1.90 bits per heavy atom. The van der Waals surface area contributed by atoms with Gasteiger partial charge in [-0.3, -0.25) is 9.59 Å². The smallest absolute Gasteiger partial charge is 0.308 e. The molecule has 4 heteroatoms. The van der Waals surface area contributed by atoms with E-state index in [4.69, 9.17) is 9.84 Å². The number of hydrogen-bond acceptors (Lipinski definition) is 3. The lowest BCUT2D eigenvalue weighted by atomic mass is 9.86. The topological polar surface area (TPSA) is 63.6 Å². The Morgan fingerprint density at radius 1 is 0.759 bits per heavy atom. The summed E-state index contributed by atoms with van der Waals surface area (Å²) in [5, 5.41) is 8.75. The number of ether oxygens (including phenoxy) is 1. The van der Waals surface area contributed by atoms with E-state index >= 15 is 0 Å². The zero-order valence-corrected chi connectivity index (χ0v) is 19.7. The average Bonchev–Trinajstić information content (AvgIpc) is 2.71. The fraction of sp³-hybridized carbons (Fsp3) is 0.920. The normalized spacial score (nSPS) is 14.3. The van der Waals surface area contributed by atoms with Gasteiger partial charge < -0.3 is 9.84 Å². The van der Waals surface area contributed by atoms with Gasteiger partial charge in [0.2, 0.25) is 0 Å². The van der Waals surface area contributed by atoms with Crippen molar-refractivity contribution in [3.63, 3.8) is 0 Å². The molecule has 3 atom stereocenters. The molecule has 4 nitrogen and oxygen atoms in total. The minimum Gasteiger partial charge on any atom is -0.481 e. The second-order valence-electron chi connectivity index (χ2n) is 8.74. The molecule has 0 saturated carbocycles. The molecule has 3 unspecified atom stereocenters. The molecular formula is C25H48O4. The Balaban J connectivity index is 4.61. The summed E-state index contributed by atoms with van der Waals surface area (Å²) in [6.45, 7) is 9.40. The van der Waals surface area contributed by atoms with E-state index in [2.05, 4.69) is 27.7 Å². The fourth-order valence-corrected chi connectivity index (χ4v) is 3.95. The zero-order valence-electron chi connectivity index (χ0n) is 19.7. The van der Waals surface area contributed by atoms with Crippen molar-refractivity contribution in [2.45, 2.75) is 124 Å². The van der Waals surface area contributed by atoms with Crippen LogP contribution in [-0.4, -0.2) is 23.7 Å². The summed E-state index contributed by atoms with van der Waals surface area (Å²) in [5.41, 5.74) is 0. The monoisotopic (exact) mass is 412 g/mol. The summed E-state index contributed by atoms with van der Waals surface area (Å²) in [7, 11) is 0. The van der Waals surface area contributed by atoms with E-state index in [-0.39, 0.29) is 18.3 Å². The molecule has 0 aliphatic carbocycles. The molecule has 29 heavy (non-hydrogen) atoms. The van der Waals surface area contributed by atoms with Gasteiger partial charge in [-0.05, 0) is 37.5 Å². The standard InChI is InChI=1S/C25H48O4/c1-5-9-15-21(7-3)19-23(17-13-11-12-14-18-24(26)27)25(28)29-20-22(8-4)16-10-6-2/h21-23H,5-20H2,1-4H3,(H,26,27). The first-order valence-corrected chi connectivity index (χ1v) is 12.4. The fourth-order valence-electron chi connectivity index (χ4n) is 3.95. The first-order valence-electron chi connectivity index (χ1n) is 12.4. The molecule has 0 aromatic carbocycles. The molecule has 0 fully saturated rings. The molecule has 0 aliphatic heterocycles. The lowest BCUT2D eigenvalue weighted by Gasteiger charge is -2.23.